The van der Waals surface area contributed by atoms with Crippen molar-refractivity contribution < 1.29 is 19.0 Å². The standard InChI is InChI=1S/C22H29N3O4S/c1-14(7-15(2)26)10-27-17-8-16(9-17)11-28-19-6-5-18-20(25-19)30-21(24-18)29-13-22(3,4)12-23/h5-6,14,16-17H,7-11,13H2,1-4H3/t14-,16?,17?/m1/s1. The van der Waals surface area contributed by atoms with Gasteiger partial charge in [0, 0.05) is 19.1 Å². The third-order valence-corrected chi connectivity index (χ3v) is 5.86. The van der Waals surface area contributed by atoms with E-state index in [1.54, 1.807) is 6.92 Å². The summed E-state index contributed by atoms with van der Waals surface area (Å²) in [5.74, 6) is 1.52. The van der Waals surface area contributed by atoms with Gasteiger partial charge in [0.05, 0.1) is 24.2 Å². The molecule has 0 radical (unpaired) electrons. The molecular weight excluding hydrogens is 402 g/mol. The Bertz CT molecular complexity index is 915. The zero-order valence-electron chi connectivity index (χ0n) is 18.0. The normalized spacial score (nSPS) is 19.7. The number of nitriles is 1. The average molecular weight is 432 g/mol. The van der Waals surface area contributed by atoms with Crippen molar-refractivity contribution in [2.45, 2.75) is 53.1 Å². The predicted molar refractivity (Wildman–Crippen MR) is 115 cm³/mol. The number of Topliss-reactive ketones (excluding diaryl/α,β-unsaturated/α-hetero) is 1. The van der Waals surface area contributed by atoms with Gasteiger partial charge in [0.1, 0.15) is 17.9 Å². The van der Waals surface area contributed by atoms with E-state index in [0.717, 1.165) is 23.2 Å². The molecule has 1 aliphatic rings. The lowest BCUT2D eigenvalue weighted by Crippen LogP contribution is -2.36. The maximum absolute atomic E-state index is 11.1. The largest absolute Gasteiger partial charge is 0.477 e. The fourth-order valence-electron chi connectivity index (χ4n) is 3.20. The second-order valence-electron chi connectivity index (χ2n) is 8.85. The molecule has 0 N–H and O–H groups in total. The highest BCUT2D eigenvalue weighted by Gasteiger charge is 2.31. The molecule has 1 aliphatic carbocycles. The summed E-state index contributed by atoms with van der Waals surface area (Å²) in [6.07, 6.45) is 2.79. The van der Waals surface area contributed by atoms with E-state index >= 15 is 0 Å². The van der Waals surface area contributed by atoms with Crippen LogP contribution in [-0.4, -0.2) is 41.7 Å². The Balaban J connectivity index is 1.42. The number of hydrogen-bond donors (Lipinski definition) is 0. The molecule has 0 unspecified atom stereocenters. The van der Waals surface area contributed by atoms with Crippen molar-refractivity contribution in [1.29, 1.82) is 5.26 Å². The van der Waals surface area contributed by atoms with Crippen molar-refractivity contribution in [3.63, 3.8) is 0 Å². The van der Waals surface area contributed by atoms with Crippen LogP contribution in [0.25, 0.3) is 10.3 Å². The SMILES string of the molecule is CC(=O)C[C@@H](C)COC1CC(COc2ccc3nc(OCC(C)(C)C#N)sc3n2)C1. The van der Waals surface area contributed by atoms with E-state index in [1.807, 2.05) is 32.9 Å². The van der Waals surface area contributed by atoms with Crippen LogP contribution in [0.1, 0.15) is 47.0 Å². The van der Waals surface area contributed by atoms with E-state index in [4.69, 9.17) is 19.5 Å². The summed E-state index contributed by atoms with van der Waals surface area (Å²) in [7, 11) is 0. The molecule has 8 heteroatoms. The van der Waals surface area contributed by atoms with Gasteiger partial charge in [-0.1, -0.05) is 18.3 Å². The Morgan fingerprint density at radius 3 is 2.80 bits per heavy atom. The van der Waals surface area contributed by atoms with Gasteiger partial charge < -0.3 is 19.0 Å². The lowest BCUT2D eigenvalue weighted by molar-refractivity contribution is -0.119. The van der Waals surface area contributed by atoms with Gasteiger partial charge >= 0.3 is 0 Å². The highest BCUT2D eigenvalue weighted by molar-refractivity contribution is 7.19. The van der Waals surface area contributed by atoms with Gasteiger partial charge in [-0.15, -0.1) is 0 Å². The van der Waals surface area contributed by atoms with Crippen LogP contribution in [-0.2, 0) is 9.53 Å². The number of nitrogens with zero attached hydrogens (tertiary/aromatic N) is 3. The smallest absolute Gasteiger partial charge is 0.275 e. The number of aromatic nitrogens is 2. The van der Waals surface area contributed by atoms with Gasteiger partial charge in [-0.3, -0.25) is 0 Å². The third-order valence-electron chi connectivity index (χ3n) is 4.98. The van der Waals surface area contributed by atoms with Crippen LogP contribution in [0, 0.1) is 28.6 Å². The number of ketones is 1. The minimum atomic E-state index is -0.560. The monoisotopic (exact) mass is 431 g/mol. The number of carbonyl (C=O) groups is 1. The first-order chi connectivity index (χ1) is 14.2. The van der Waals surface area contributed by atoms with Crippen LogP contribution in [0.4, 0.5) is 0 Å². The second kappa shape index (κ2) is 9.71. The van der Waals surface area contributed by atoms with Crippen LogP contribution < -0.4 is 9.47 Å². The lowest BCUT2D eigenvalue weighted by atomic mass is 9.83. The number of ether oxygens (including phenoxy) is 3. The Morgan fingerprint density at radius 1 is 1.33 bits per heavy atom. The quantitative estimate of drug-likeness (QED) is 0.520. The van der Waals surface area contributed by atoms with Crippen molar-refractivity contribution in [1.82, 2.24) is 9.97 Å². The lowest BCUT2D eigenvalue weighted by Gasteiger charge is -2.35. The van der Waals surface area contributed by atoms with Gasteiger partial charge in [0.25, 0.3) is 5.19 Å². The second-order valence-corrected chi connectivity index (χ2v) is 9.79. The molecule has 7 nitrogen and oxygen atoms in total. The minimum absolute atomic E-state index is 0.209. The van der Waals surface area contributed by atoms with E-state index in [1.165, 1.54) is 11.3 Å². The van der Waals surface area contributed by atoms with Crippen molar-refractivity contribution in [3.05, 3.63) is 12.1 Å². The number of thiazole rings is 1. The number of pyridine rings is 1. The van der Waals surface area contributed by atoms with Gasteiger partial charge in [0.15, 0.2) is 4.83 Å². The summed E-state index contributed by atoms with van der Waals surface area (Å²) in [5.41, 5.74) is 0.198. The fraction of sp³-hybridized carbons (Fsp3) is 0.636. The molecule has 0 amide bonds. The molecule has 3 rings (SSSR count). The van der Waals surface area contributed by atoms with E-state index in [9.17, 15) is 4.79 Å². The molecule has 0 aromatic carbocycles. The van der Waals surface area contributed by atoms with Crippen LogP contribution in [0.2, 0.25) is 0 Å². The zero-order chi connectivity index (χ0) is 21.7. The topological polar surface area (TPSA) is 94.3 Å². The summed E-state index contributed by atoms with van der Waals surface area (Å²) in [4.78, 5) is 20.8. The van der Waals surface area contributed by atoms with Crippen LogP contribution in [0.15, 0.2) is 12.1 Å². The molecule has 30 heavy (non-hydrogen) atoms. The maximum Gasteiger partial charge on any atom is 0.275 e. The zero-order valence-corrected chi connectivity index (χ0v) is 18.8. The minimum Gasteiger partial charge on any atom is -0.477 e. The Kier molecular flexibility index (Phi) is 7.27. The molecule has 2 aromatic heterocycles. The number of fused-ring (bicyclic) bond motifs is 1. The molecule has 162 valence electrons. The molecule has 0 saturated heterocycles. The highest BCUT2D eigenvalue weighted by atomic mass is 32.1. The number of hydrogen-bond acceptors (Lipinski definition) is 8. The first-order valence-corrected chi connectivity index (χ1v) is 11.1. The first-order valence-electron chi connectivity index (χ1n) is 10.3. The molecule has 0 bridgehead atoms. The van der Waals surface area contributed by atoms with Crippen LogP contribution in [0.3, 0.4) is 0 Å². The Morgan fingerprint density at radius 2 is 2.10 bits per heavy atom. The average Bonchev–Trinajstić information content (AvgIpc) is 3.06. The van der Waals surface area contributed by atoms with Gasteiger partial charge in [-0.05, 0) is 51.5 Å². The predicted octanol–water partition coefficient (Wildman–Crippen LogP) is 4.41. The van der Waals surface area contributed by atoms with Gasteiger partial charge in [-0.2, -0.15) is 5.26 Å². The fourth-order valence-corrected chi connectivity index (χ4v) is 3.98. The molecule has 0 spiro atoms. The van der Waals surface area contributed by atoms with Crippen LogP contribution in [0.5, 0.6) is 11.1 Å². The summed E-state index contributed by atoms with van der Waals surface area (Å²) < 4.78 is 17.4. The van der Waals surface area contributed by atoms with Crippen molar-refractivity contribution in [3.8, 4) is 17.1 Å². The van der Waals surface area contributed by atoms with Crippen molar-refractivity contribution in [2.24, 2.45) is 17.3 Å². The number of carbonyl (C=O) groups excluding carboxylic acids is 1. The maximum atomic E-state index is 11.1. The summed E-state index contributed by atoms with van der Waals surface area (Å²) in [6.45, 7) is 8.85. The Labute approximate surface area is 181 Å². The molecule has 1 fully saturated rings. The molecule has 1 atom stereocenters. The van der Waals surface area contributed by atoms with Crippen LogP contribution >= 0.6 is 11.3 Å². The van der Waals surface area contributed by atoms with Crippen molar-refractivity contribution in [2.75, 3.05) is 19.8 Å². The van der Waals surface area contributed by atoms with E-state index in [-0.39, 0.29) is 24.4 Å². The van der Waals surface area contributed by atoms with E-state index < -0.39 is 5.41 Å². The Hall–Kier alpha value is -2.24. The molecule has 2 heterocycles. The van der Waals surface area contributed by atoms with E-state index in [0.29, 0.717) is 36.6 Å². The molecular formula is C22H29N3O4S. The van der Waals surface area contributed by atoms with Crippen molar-refractivity contribution >= 4 is 27.5 Å². The molecule has 2 aromatic rings. The summed E-state index contributed by atoms with van der Waals surface area (Å²) >= 11 is 1.35. The summed E-state index contributed by atoms with van der Waals surface area (Å²) in [6, 6.07) is 5.91. The third kappa shape index (κ3) is 6.38. The highest BCUT2D eigenvalue weighted by Crippen LogP contribution is 2.32. The summed E-state index contributed by atoms with van der Waals surface area (Å²) in [5, 5.41) is 9.59. The molecule has 1 saturated carbocycles. The number of rotatable bonds is 11. The van der Waals surface area contributed by atoms with E-state index in [2.05, 4.69) is 16.0 Å². The van der Waals surface area contributed by atoms with Gasteiger partial charge in [0.2, 0.25) is 5.88 Å². The van der Waals surface area contributed by atoms with Gasteiger partial charge in [-0.25, -0.2) is 9.97 Å². The first kappa shape index (κ1) is 22.4. The molecule has 0 aliphatic heterocycles.